The molecule has 0 unspecified atom stereocenters. The van der Waals surface area contributed by atoms with E-state index in [1.54, 1.807) is 0 Å². The molecule has 0 amide bonds. The summed E-state index contributed by atoms with van der Waals surface area (Å²) in [6.07, 6.45) is 0.0607. The zero-order chi connectivity index (χ0) is 16.5. The van der Waals surface area contributed by atoms with Gasteiger partial charge in [0.25, 0.3) is 0 Å². The van der Waals surface area contributed by atoms with E-state index in [4.69, 9.17) is 5.73 Å². The number of hydrogen-bond donors (Lipinski definition) is 3. The predicted molar refractivity (Wildman–Crippen MR) is 77.8 cm³/mol. The van der Waals surface area contributed by atoms with E-state index in [1.165, 1.54) is 6.07 Å². The van der Waals surface area contributed by atoms with Gasteiger partial charge in [0.2, 0.25) is 11.8 Å². The molecule has 1 heterocycles. The molecule has 23 heavy (non-hydrogen) atoms. The van der Waals surface area contributed by atoms with Crippen molar-refractivity contribution in [2.24, 2.45) is 0 Å². The Bertz CT molecular complexity index is 816. The van der Waals surface area contributed by atoms with E-state index in [2.05, 4.69) is 0 Å². The van der Waals surface area contributed by atoms with Gasteiger partial charge < -0.3 is 15.9 Å². The molecule has 0 saturated heterocycles. The van der Waals surface area contributed by atoms with Crippen molar-refractivity contribution < 1.29 is 23.4 Å². The van der Waals surface area contributed by atoms with Crippen LogP contribution >= 0.6 is 0 Å². The van der Waals surface area contributed by atoms with Crippen LogP contribution in [0.25, 0.3) is 5.69 Å². The van der Waals surface area contributed by atoms with Crippen LogP contribution in [0.3, 0.4) is 0 Å². The van der Waals surface area contributed by atoms with Crippen LogP contribution in [0.5, 0.6) is 11.8 Å². The average Bonchev–Trinajstić information content (AvgIpc) is 3.13. The molecule has 4 rings (SSSR count). The lowest BCUT2D eigenvalue weighted by Gasteiger charge is -2.14. The highest BCUT2D eigenvalue weighted by molar-refractivity contribution is 5.64. The number of anilines is 1. The molecular weight excluding hydrogens is 309 g/mol. The summed E-state index contributed by atoms with van der Waals surface area (Å²) in [6, 6.07) is 3.29. The summed E-state index contributed by atoms with van der Waals surface area (Å²) in [5.41, 5.74) is 5.21. The fourth-order valence-corrected chi connectivity index (χ4v) is 3.61. The number of halogens is 3. The molecule has 4 N–H and O–H groups in total. The summed E-state index contributed by atoms with van der Waals surface area (Å²) in [5.74, 6) is -0.435. The zero-order valence-corrected chi connectivity index (χ0v) is 11.8. The Kier molecular flexibility index (Phi) is 2.59. The summed E-state index contributed by atoms with van der Waals surface area (Å²) in [4.78, 5) is 0. The number of hydrogen-bond acceptors (Lipinski definition) is 3. The lowest BCUT2D eigenvalue weighted by atomic mass is 10.0. The van der Waals surface area contributed by atoms with Crippen molar-refractivity contribution in [3.63, 3.8) is 0 Å². The van der Waals surface area contributed by atoms with Crippen molar-refractivity contribution in [2.45, 2.75) is 24.4 Å². The topological polar surface area (TPSA) is 71.4 Å². The maximum atomic E-state index is 13.0. The van der Waals surface area contributed by atoms with E-state index in [0.717, 1.165) is 23.1 Å². The van der Waals surface area contributed by atoms with Crippen LogP contribution in [-0.4, -0.2) is 14.8 Å². The molecule has 7 heteroatoms. The Labute approximate surface area is 129 Å². The maximum absolute atomic E-state index is 13.0. The lowest BCUT2D eigenvalue weighted by Crippen LogP contribution is -2.10. The van der Waals surface area contributed by atoms with Gasteiger partial charge in [-0.2, -0.15) is 13.2 Å². The number of fused-ring (bicyclic) bond motifs is 5. The number of allylic oxidation sites excluding steroid dienone is 2. The first kappa shape index (κ1) is 14.0. The first-order chi connectivity index (χ1) is 10.8. The first-order valence-corrected chi connectivity index (χ1v) is 7.11. The largest absolute Gasteiger partial charge is 0.494 e. The number of benzene rings is 1. The molecule has 2 aliphatic rings. The summed E-state index contributed by atoms with van der Waals surface area (Å²) < 4.78 is 40.1. The summed E-state index contributed by atoms with van der Waals surface area (Å²) in [7, 11) is 0. The fourth-order valence-electron chi connectivity index (χ4n) is 3.61. The number of nitrogens with zero attached hydrogens (tertiary/aromatic N) is 1. The van der Waals surface area contributed by atoms with Crippen LogP contribution in [0.2, 0.25) is 0 Å². The monoisotopic (exact) mass is 322 g/mol. The lowest BCUT2D eigenvalue weighted by molar-refractivity contribution is -0.136. The first-order valence-electron chi connectivity index (χ1n) is 7.11. The van der Waals surface area contributed by atoms with E-state index in [0.29, 0.717) is 11.1 Å². The minimum absolute atomic E-state index is 0.00183. The zero-order valence-electron chi connectivity index (χ0n) is 11.8. The van der Waals surface area contributed by atoms with Crippen LogP contribution < -0.4 is 5.73 Å². The second-order valence-electron chi connectivity index (χ2n) is 5.91. The molecule has 2 bridgehead atoms. The Morgan fingerprint density at radius 1 is 1.04 bits per heavy atom. The van der Waals surface area contributed by atoms with Crippen molar-refractivity contribution in [1.29, 1.82) is 0 Å². The van der Waals surface area contributed by atoms with Crippen molar-refractivity contribution >= 4 is 5.69 Å². The Balaban J connectivity index is 1.91. The van der Waals surface area contributed by atoms with Crippen molar-refractivity contribution in [3.05, 3.63) is 47.0 Å². The van der Waals surface area contributed by atoms with Gasteiger partial charge in [0.15, 0.2) is 0 Å². The molecule has 0 spiro atoms. The highest BCUT2D eigenvalue weighted by Crippen LogP contribution is 2.57. The fraction of sp³-hybridized carbons (Fsp3) is 0.250. The van der Waals surface area contributed by atoms with Gasteiger partial charge in [-0.15, -0.1) is 0 Å². The normalized spacial score (nSPS) is 21.9. The number of nitrogen functional groups attached to an aromatic ring is 1. The molecule has 0 fully saturated rings. The average molecular weight is 322 g/mol. The Morgan fingerprint density at radius 2 is 1.61 bits per heavy atom. The van der Waals surface area contributed by atoms with Crippen molar-refractivity contribution in [2.75, 3.05) is 5.73 Å². The molecule has 1 aromatic carbocycles. The quantitative estimate of drug-likeness (QED) is 0.554. The standard InChI is InChI=1S/C16H13F3N2O2/c17-16(18,19)10-6-9(3-4-11(10)20)21-14(22)12-7-1-2-8(5-7)13(12)15(21)23/h1-4,6-8,22-23H,5,20H2/t7-,8+. The van der Waals surface area contributed by atoms with E-state index >= 15 is 0 Å². The minimum Gasteiger partial charge on any atom is -0.494 e. The highest BCUT2D eigenvalue weighted by atomic mass is 19.4. The van der Waals surface area contributed by atoms with Crippen LogP contribution in [0.15, 0.2) is 30.4 Å². The second kappa shape index (κ2) is 4.24. The van der Waals surface area contributed by atoms with Crippen molar-refractivity contribution in [1.82, 2.24) is 4.57 Å². The van der Waals surface area contributed by atoms with Gasteiger partial charge in [-0.1, -0.05) is 12.2 Å². The number of nitrogens with two attached hydrogens (primary N) is 1. The van der Waals surface area contributed by atoms with Gasteiger partial charge in [-0.25, -0.2) is 0 Å². The van der Waals surface area contributed by atoms with E-state index < -0.39 is 17.4 Å². The summed E-state index contributed by atoms with van der Waals surface area (Å²) in [6.45, 7) is 0. The Morgan fingerprint density at radius 3 is 2.13 bits per heavy atom. The predicted octanol–water partition coefficient (Wildman–Crippen LogP) is 3.63. The molecule has 0 saturated carbocycles. The molecule has 2 aliphatic carbocycles. The third kappa shape index (κ3) is 1.79. The van der Waals surface area contributed by atoms with Gasteiger partial charge >= 0.3 is 6.18 Å². The van der Waals surface area contributed by atoms with Gasteiger partial charge in [-0.05, 0) is 24.6 Å². The van der Waals surface area contributed by atoms with E-state index in [1.807, 2.05) is 12.2 Å². The maximum Gasteiger partial charge on any atom is 0.418 e. The minimum atomic E-state index is -4.61. The molecule has 2 aromatic rings. The van der Waals surface area contributed by atoms with Gasteiger partial charge in [0.05, 0.1) is 11.3 Å². The van der Waals surface area contributed by atoms with E-state index in [9.17, 15) is 23.4 Å². The van der Waals surface area contributed by atoms with Gasteiger partial charge in [-0.3, -0.25) is 4.57 Å². The van der Waals surface area contributed by atoms with Gasteiger partial charge in [0.1, 0.15) is 0 Å². The highest BCUT2D eigenvalue weighted by Gasteiger charge is 2.41. The van der Waals surface area contributed by atoms with Crippen LogP contribution in [0.4, 0.5) is 18.9 Å². The van der Waals surface area contributed by atoms with Gasteiger partial charge in [0, 0.05) is 28.7 Å². The molecular formula is C16H13F3N2O2. The number of alkyl halides is 3. The summed E-state index contributed by atoms with van der Waals surface area (Å²) >= 11 is 0. The van der Waals surface area contributed by atoms with E-state index in [-0.39, 0.29) is 29.3 Å². The smallest absolute Gasteiger partial charge is 0.418 e. The van der Waals surface area contributed by atoms with Crippen molar-refractivity contribution in [3.8, 4) is 17.4 Å². The van der Waals surface area contributed by atoms with Crippen LogP contribution in [0, 0.1) is 0 Å². The second-order valence-corrected chi connectivity index (χ2v) is 5.91. The number of rotatable bonds is 1. The number of aromatic nitrogens is 1. The van der Waals surface area contributed by atoms with Crippen LogP contribution in [0.1, 0.15) is 34.9 Å². The van der Waals surface area contributed by atoms with Crippen LogP contribution in [-0.2, 0) is 6.18 Å². The molecule has 0 aliphatic heterocycles. The molecule has 1 aromatic heterocycles. The third-order valence-corrected chi connectivity index (χ3v) is 4.62. The molecule has 0 radical (unpaired) electrons. The molecule has 2 atom stereocenters. The number of aromatic hydroxyl groups is 2. The SMILES string of the molecule is Nc1ccc(-n2c(O)c3c(c2O)[C@H]2C=C[C@@H]3C2)cc1C(F)(F)F. The molecule has 120 valence electrons. The summed E-state index contributed by atoms with van der Waals surface area (Å²) in [5, 5.41) is 20.9. The molecule has 4 nitrogen and oxygen atoms in total. The Hall–Kier alpha value is -2.57. The third-order valence-electron chi connectivity index (χ3n) is 4.62.